The van der Waals surface area contributed by atoms with Crippen LogP contribution in [0.5, 0.6) is 0 Å². The molecule has 0 atom stereocenters. The number of hydrogen-bond donors (Lipinski definition) is 2. The zero-order valence-corrected chi connectivity index (χ0v) is 10.4. The number of aromatic nitrogens is 2. The molecule has 0 aliphatic carbocycles. The van der Waals surface area contributed by atoms with Crippen molar-refractivity contribution >= 4 is 17.2 Å². The lowest BCUT2D eigenvalue weighted by Gasteiger charge is -2.07. The van der Waals surface area contributed by atoms with Crippen molar-refractivity contribution in [1.82, 2.24) is 15.3 Å². The minimum absolute atomic E-state index is 0.0983. The maximum absolute atomic E-state index is 12.0. The van der Waals surface area contributed by atoms with Crippen LogP contribution >= 0.6 is 11.3 Å². The Kier molecular flexibility index (Phi) is 3.89. The molecule has 0 radical (unpaired) electrons. The van der Waals surface area contributed by atoms with Gasteiger partial charge in [-0.3, -0.25) is 4.79 Å². The van der Waals surface area contributed by atoms with Crippen molar-refractivity contribution in [3.05, 3.63) is 29.5 Å². The molecule has 0 aliphatic rings. The molecule has 0 bridgehead atoms. The molecule has 8 heteroatoms. The number of H-pyrrole nitrogens is 1. The molecular formula is C11H10F3N3OS. The van der Waals surface area contributed by atoms with Gasteiger partial charge in [0.05, 0.1) is 11.2 Å². The van der Waals surface area contributed by atoms with E-state index < -0.39 is 12.1 Å². The summed E-state index contributed by atoms with van der Waals surface area (Å²) >= 11 is 1.49. The molecule has 1 amide bonds. The van der Waals surface area contributed by atoms with Crippen LogP contribution in [0.2, 0.25) is 0 Å². The highest BCUT2D eigenvalue weighted by Gasteiger charge is 2.38. The Morgan fingerprint density at radius 2 is 2.26 bits per heavy atom. The van der Waals surface area contributed by atoms with E-state index >= 15 is 0 Å². The van der Waals surface area contributed by atoms with Crippen LogP contribution in [0.1, 0.15) is 5.69 Å². The van der Waals surface area contributed by atoms with Gasteiger partial charge in [0.1, 0.15) is 5.69 Å². The molecule has 0 aliphatic heterocycles. The van der Waals surface area contributed by atoms with Crippen LogP contribution in [0.25, 0.3) is 10.6 Å². The number of amides is 1. The first kappa shape index (κ1) is 13.6. The maximum atomic E-state index is 12.0. The fraction of sp³-hybridized carbons (Fsp3) is 0.273. The number of carbonyl (C=O) groups is 1. The lowest BCUT2D eigenvalue weighted by molar-refractivity contribution is -0.173. The number of thiophene rings is 1. The number of halogens is 3. The van der Waals surface area contributed by atoms with E-state index in [0.717, 1.165) is 4.88 Å². The molecule has 0 aromatic carbocycles. The standard InChI is InChI=1S/C11H10F3N3OS/c12-11(13,14)10(18)15-4-3-7-9(17-6-16-7)8-2-1-5-19-8/h1-2,5-6H,3-4H2,(H,15,18)(H,16,17). The second-order valence-electron chi connectivity index (χ2n) is 3.71. The lowest BCUT2D eigenvalue weighted by Crippen LogP contribution is -2.37. The van der Waals surface area contributed by atoms with Gasteiger partial charge < -0.3 is 10.3 Å². The summed E-state index contributed by atoms with van der Waals surface area (Å²) in [7, 11) is 0. The zero-order valence-electron chi connectivity index (χ0n) is 9.62. The minimum Gasteiger partial charge on any atom is -0.348 e. The smallest absolute Gasteiger partial charge is 0.348 e. The van der Waals surface area contributed by atoms with Crippen LogP contribution in [-0.2, 0) is 11.2 Å². The van der Waals surface area contributed by atoms with E-state index in [-0.39, 0.29) is 13.0 Å². The van der Waals surface area contributed by atoms with Crippen molar-refractivity contribution < 1.29 is 18.0 Å². The van der Waals surface area contributed by atoms with Gasteiger partial charge in [-0.25, -0.2) is 4.98 Å². The maximum Gasteiger partial charge on any atom is 0.471 e. The third kappa shape index (κ3) is 3.34. The number of hydrogen-bond acceptors (Lipinski definition) is 3. The van der Waals surface area contributed by atoms with E-state index in [1.807, 2.05) is 22.8 Å². The molecule has 2 aromatic rings. The SMILES string of the molecule is O=C(NCCc1[nH]cnc1-c1cccs1)C(F)(F)F. The lowest BCUT2D eigenvalue weighted by atomic mass is 10.2. The normalized spacial score (nSPS) is 11.5. The van der Waals surface area contributed by atoms with Crippen molar-refractivity contribution in [2.45, 2.75) is 12.6 Å². The molecule has 0 unspecified atom stereocenters. The molecule has 0 spiro atoms. The molecule has 2 aromatic heterocycles. The van der Waals surface area contributed by atoms with Gasteiger partial charge in [-0.2, -0.15) is 13.2 Å². The average molecular weight is 289 g/mol. The quantitative estimate of drug-likeness (QED) is 0.907. The zero-order chi connectivity index (χ0) is 13.9. The van der Waals surface area contributed by atoms with Gasteiger partial charge in [0.15, 0.2) is 0 Å². The second-order valence-corrected chi connectivity index (χ2v) is 4.66. The van der Waals surface area contributed by atoms with Crippen molar-refractivity contribution in [3.8, 4) is 10.6 Å². The third-order valence-corrected chi connectivity index (χ3v) is 3.27. The van der Waals surface area contributed by atoms with E-state index in [1.165, 1.54) is 17.7 Å². The molecule has 0 fully saturated rings. The summed E-state index contributed by atoms with van der Waals surface area (Å²) in [6.45, 7) is -0.0983. The fourth-order valence-corrected chi connectivity index (χ4v) is 2.29. The largest absolute Gasteiger partial charge is 0.471 e. The molecule has 0 saturated carbocycles. The fourth-order valence-electron chi connectivity index (χ4n) is 1.54. The predicted molar refractivity (Wildman–Crippen MR) is 64.7 cm³/mol. The minimum atomic E-state index is -4.84. The summed E-state index contributed by atoms with van der Waals surface area (Å²) in [4.78, 5) is 18.6. The molecule has 19 heavy (non-hydrogen) atoms. The van der Waals surface area contributed by atoms with Gasteiger partial charge in [0, 0.05) is 18.7 Å². The Hall–Kier alpha value is -1.83. The van der Waals surface area contributed by atoms with Crippen molar-refractivity contribution in [1.29, 1.82) is 0 Å². The topological polar surface area (TPSA) is 57.8 Å². The molecule has 4 nitrogen and oxygen atoms in total. The Balaban J connectivity index is 1.95. The number of carbonyl (C=O) groups excluding carboxylic acids is 1. The summed E-state index contributed by atoms with van der Waals surface area (Å²) < 4.78 is 36.0. The monoisotopic (exact) mass is 289 g/mol. The van der Waals surface area contributed by atoms with Gasteiger partial charge >= 0.3 is 12.1 Å². The van der Waals surface area contributed by atoms with Gasteiger partial charge in [0.2, 0.25) is 0 Å². The molecule has 2 rings (SSSR count). The van der Waals surface area contributed by atoms with E-state index in [9.17, 15) is 18.0 Å². The number of rotatable bonds is 4. The Bertz CT molecular complexity index is 548. The average Bonchev–Trinajstić information content (AvgIpc) is 2.97. The third-order valence-electron chi connectivity index (χ3n) is 2.39. The Labute approximate surface area is 110 Å². The number of imidazole rings is 1. The van der Waals surface area contributed by atoms with Crippen LogP contribution in [0.4, 0.5) is 13.2 Å². The summed E-state index contributed by atoms with van der Waals surface area (Å²) in [5.74, 6) is -1.93. The van der Waals surface area contributed by atoms with Gasteiger partial charge in [-0.05, 0) is 11.4 Å². The van der Waals surface area contributed by atoms with Crippen LogP contribution in [0.3, 0.4) is 0 Å². The molecule has 2 N–H and O–H groups in total. The van der Waals surface area contributed by atoms with Crippen molar-refractivity contribution in [3.63, 3.8) is 0 Å². The first-order valence-electron chi connectivity index (χ1n) is 5.39. The van der Waals surface area contributed by atoms with E-state index in [1.54, 1.807) is 0 Å². The Morgan fingerprint density at radius 3 is 2.89 bits per heavy atom. The van der Waals surface area contributed by atoms with Gasteiger partial charge in [-0.1, -0.05) is 6.07 Å². The van der Waals surface area contributed by atoms with Crippen LogP contribution in [-0.4, -0.2) is 28.6 Å². The number of aromatic amines is 1. The van der Waals surface area contributed by atoms with E-state index in [2.05, 4.69) is 9.97 Å². The highest BCUT2D eigenvalue weighted by molar-refractivity contribution is 7.13. The van der Waals surface area contributed by atoms with Crippen LogP contribution in [0, 0.1) is 0 Å². The number of nitrogens with one attached hydrogen (secondary N) is 2. The molecule has 0 saturated heterocycles. The molecular weight excluding hydrogens is 279 g/mol. The van der Waals surface area contributed by atoms with Crippen LogP contribution in [0.15, 0.2) is 23.8 Å². The molecule has 102 valence electrons. The van der Waals surface area contributed by atoms with Gasteiger partial charge in [-0.15, -0.1) is 11.3 Å². The first-order valence-corrected chi connectivity index (χ1v) is 6.27. The second kappa shape index (κ2) is 5.43. The summed E-state index contributed by atoms with van der Waals surface area (Å²) in [5, 5.41) is 3.71. The number of nitrogens with zero attached hydrogens (tertiary/aromatic N) is 1. The molecule has 2 heterocycles. The number of alkyl halides is 3. The van der Waals surface area contributed by atoms with Crippen LogP contribution < -0.4 is 5.32 Å². The highest BCUT2D eigenvalue weighted by Crippen LogP contribution is 2.25. The highest BCUT2D eigenvalue weighted by atomic mass is 32.1. The Morgan fingerprint density at radius 1 is 1.47 bits per heavy atom. The van der Waals surface area contributed by atoms with Crippen molar-refractivity contribution in [2.75, 3.05) is 6.54 Å². The van der Waals surface area contributed by atoms with E-state index in [4.69, 9.17) is 0 Å². The first-order chi connectivity index (χ1) is 8.98. The van der Waals surface area contributed by atoms with Gasteiger partial charge in [0.25, 0.3) is 0 Å². The van der Waals surface area contributed by atoms with Crippen molar-refractivity contribution in [2.24, 2.45) is 0 Å². The van der Waals surface area contributed by atoms with E-state index in [0.29, 0.717) is 11.4 Å². The predicted octanol–water partition coefficient (Wildman–Crippen LogP) is 2.36. The summed E-state index contributed by atoms with van der Waals surface area (Å²) in [6, 6.07) is 3.74. The summed E-state index contributed by atoms with van der Waals surface area (Å²) in [6.07, 6.45) is -3.10. The summed E-state index contributed by atoms with van der Waals surface area (Å²) in [5.41, 5.74) is 1.40.